The summed E-state index contributed by atoms with van der Waals surface area (Å²) in [6.07, 6.45) is 10.9. The molecule has 0 aromatic rings. The van der Waals surface area contributed by atoms with Gasteiger partial charge in [0.05, 0.1) is 6.26 Å². The van der Waals surface area contributed by atoms with Crippen molar-refractivity contribution in [1.29, 1.82) is 0 Å². The Bertz CT molecular complexity index is 344. The van der Waals surface area contributed by atoms with Gasteiger partial charge in [-0.3, -0.25) is 4.79 Å². The summed E-state index contributed by atoms with van der Waals surface area (Å²) in [5, 5.41) is 3.60. The first-order chi connectivity index (χ1) is 9.33. The molecule has 106 valence electrons. The van der Waals surface area contributed by atoms with Crippen molar-refractivity contribution in [3.8, 4) is 0 Å². The Hall–Kier alpha value is -1.03. The van der Waals surface area contributed by atoms with E-state index in [9.17, 15) is 4.79 Å². The molecule has 2 heterocycles. The lowest BCUT2D eigenvalue weighted by atomic mass is 10.0. The van der Waals surface area contributed by atoms with E-state index >= 15 is 0 Å². The third-order valence-electron chi connectivity index (χ3n) is 4.39. The van der Waals surface area contributed by atoms with Crippen LogP contribution in [0.25, 0.3) is 0 Å². The number of amides is 1. The highest BCUT2D eigenvalue weighted by molar-refractivity contribution is 5.81. The first-order valence-corrected chi connectivity index (χ1v) is 7.65. The van der Waals surface area contributed by atoms with E-state index in [1.165, 1.54) is 0 Å². The Morgan fingerprint density at radius 2 is 2.00 bits per heavy atom. The smallest absolute Gasteiger partial charge is 0.225 e. The Morgan fingerprint density at radius 1 is 1.21 bits per heavy atom. The molecule has 1 saturated carbocycles. The van der Waals surface area contributed by atoms with E-state index in [4.69, 9.17) is 4.74 Å². The van der Waals surface area contributed by atoms with Crippen molar-refractivity contribution >= 4 is 5.91 Å². The van der Waals surface area contributed by atoms with E-state index in [2.05, 4.69) is 16.3 Å². The third kappa shape index (κ3) is 3.50. The highest BCUT2D eigenvalue weighted by Crippen LogP contribution is 2.31. The van der Waals surface area contributed by atoms with Gasteiger partial charge in [-0.15, -0.1) is 0 Å². The lowest BCUT2D eigenvalue weighted by Gasteiger charge is -2.33. The summed E-state index contributed by atoms with van der Waals surface area (Å²) in [5.74, 6) is 0.770. The molecule has 3 rings (SSSR count). The number of allylic oxidation sites excluding steroid dienone is 1. The van der Waals surface area contributed by atoms with Crippen LogP contribution in [-0.2, 0) is 9.53 Å². The van der Waals surface area contributed by atoms with Crippen LogP contribution in [0.1, 0.15) is 38.5 Å². The fraction of sp³-hybridized carbons (Fsp3) is 0.800. The minimum atomic E-state index is 0.330. The van der Waals surface area contributed by atoms with Gasteiger partial charge in [0.15, 0.2) is 0 Å². The summed E-state index contributed by atoms with van der Waals surface area (Å²) in [4.78, 5) is 14.0. The van der Waals surface area contributed by atoms with Gasteiger partial charge in [-0.2, -0.15) is 0 Å². The highest BCUT2D eigenvalue weighted by atomic mass is 16.5. The Morgan fingerprint density at radius 3 is 2.63 bits per heavy atom. The van der Waals surface area contributed by atoms with Gasteiger partial charge in [0.1, 0.15) is 6.10 Å². The van der Waals surface area contributed by atoms with E-state index in [1.807, 2.05) is 6.26 Å². The molecule has 0 spiro atoms. The topological polar surface area (TPSA) is 41.6 Å². The fourth-order valence-electron chi connectivity index (χ4n) is 2.93. The van der Waals surface area contributed by atoms with Crippen LogP contribution < -0.4 is 5.32 Å². The van der Waals surface area contributed by atoms with Gasteiger partial charge in [-0.1, -0.05) is 0 Å². The lowest BCUT2D eigenvalue weighted by Crippen LogP contribution is -2.47. The zero-order valence-electron chi connectivity index (χ0n) is 11.5. The van der Waals surface area contributed by atoms with Gasteiger partial charge in [0.25, 0.3) is 0 Å². The summed E-state index contributed by atoms with van der Waals surface area (Å²) >= 11 is 0. The van der Waals surface area contributed by atoms with Crippen LogP contribution in [0.5, 0.6) is 0 Å². The van der Waals surface area contributed by atoms with Crippen LogP contribution in [0.3, 0.4) is 0 Å². The molecule has 4 heteroatoms. The molecule has 1 aliphatic carbocycles. The number of rotatable bonds is 4. The number of ether oxygens (including phenoxy) is 1. The maximum atomic E-state index is 12.0. The normalized spacial score (nSPS) is 28.2. The van der Waals surface area contributed by atoms with Crippen molar-refractivity contribution < 1.29 is 9.53 Å². The second kappa shape index (κ2) is 5.95. The summed E-state index contributed by atoms with van der Waals surface area (Å²) < 4.78 is 5.56. The number of nitrogens with one attached hydrogen (secondary N) is 1. The van der Waals surface area contributed by atoms with E-state index in [0.29, 0.717) is 24.0 Å². The first-order valence-electron chi connectivity index (χ1n) is 7.65. The number of likely N-dealkylation sites (tertiary alicyclic amines) is 1. The van der Waals surface area contributed by atoms with Crippen LogP contribution in [0.15, 0.2) is 12.3 Å². The standard InChI is InChI=1S/C15H24N2O2/c18-15(12-4-5-12)17-8-6-13(7-9-17)16-11-14-3-1-2-10-19-14/h2,10,12-14,16H,1,3-9,11H2. The van der Waals surface area contributed by atoms with Gasteiger partial charge >= 0.3 is 0 Å². The van der Waals surface area contributed by atoms with Gasteiger partial charge in [0, 0.05) is 31.6 Å². The third-order valence-corrected chi connectivity index (χ3v) is 4.39. The van der Waals surface area contributed by atoms with E-state index in [0.717, 1.165) is 58.2 Å². The minimum Gasteiger partial charge on any atom is -0.497 e. The molecular weight excluding hydrogens is 240 g/mol. The molecule has 1 N–H and O–H groups in total. The molecule has 2 aliphatic heterocycles. The predicted octanol–water partition coefficient (Wildman–Crippen LogP) is 1.67. The average molecular weight is 264 g/mol. The maximum Gasteiger partial charge on any atom is 0.225 e. The molecular formula is C15H24N2O2. The van der Waals surface area contributed by atoms with Crippen LogP contribution >= 0.6 is 0 Å². The number of hydrogen-bond donors (Lipinski definition) is 1. The van der Waals surface area contributed by atoms with E-state index < -0.39 is 0 Å². The molecule has 19 heavy (non-hydrogen) atoms. The number of carbonyl (C=O) groups is 1. The molecule has 0 bridgehead atoms. The van der Waals surface area contributed by atoms with Crippen LogP contribution in [0, 0.1) is 5.92 Å². The first kappa shape index (κ1) is 13.0. The van der Waals surface area contributed by atoms with Gasteiger partial charge < -0.3 is 15.0 Å². The second-order valence-electron chi connectivity index (χ2n) is 5.99. The second-order valence-corrected chi connectivity index (χ2v) is 5.99. The molecule has 4 nitrogen and oxygen atoms in total. The monoisotopic (exact) mass is 264 g/mol. The molecule has 1 amide bonds. The number of nitrogens with zero attached hydrogens (tertiary/aromatic N) is 1. The van der Waals surface area contributed by atoms with Crippen LogP contribution in [0.4, 0.5) is 0 Å². The lowest BCUT2D eigenvalue weighted by molar-refractivity contribution is -0.133. The van der Waals surface area contributed by atoms with Crippen molar-refractivity contribution in [2.24, 2.45) is 5.92 Å². The van der Waals surface area contributed by atoms with Crippen molar-refractivity contribution in [3.63, 3.8) is 0 Å². The molecule has 1 saturated heterocycles. The molecule has 2 fully saturated rings. The summed E-state index contributed by atoms with van der Waals surface area (Å²) in [7, 11) is 0. The van der Waals surface area contributed by atoms with Gasteiger partial charge in [0.2, 0.25) is 5.91 Å². The maximum absolute atomic E-state index is 12.0. The van der Waals surface area contributed by atoms with E-state index in [-0.39, 0.29) is 0 Å². The fourth-order valence-corrected chi connectivity index (χ4v) is 2.93. The van der Waals surface area contributed by atoms with Crippen LogP contribution in [0.2, 0.25) is 0 Å². The van der Waals surface area contributed by atoms with Crippen LogP contribution in [-0.4, -0.2) is 42.6 Å². The molecule has 0 aromatic carbocycles. The molecule has 0 aromatic heterocycles. The van der Waals surface area contributed by atoms with Gasteiger partial charge in [-0.05, 0) is 44.6 Å². The number of carbonyl (C=O) groups excluding carboxylic acids is 1. The quantitative estimate of drug-likeness (QED) is 0.840. The SMILES string of the molecule is O=C(C1CC1)N1CCC(NCC2CCC=CO2)CC1. The molecule has 0 radical (unpaired) electrons. The van der Waals surface area contributed by atoms with Crippen molar-refractivity contribution in [2.45, 2.75) is 50.7 Å². The molecule has 1 unspecified atom stereocenters. The zero-order valence-corrected chi connectivity index (χ0v) is 11.5. The Balaban J connectivity index is 1.35. The summed E-state index contributed by atoms with van der Waals surface area (Å²) in [6, 6.07) is 0.553. The molecule has 1 atom stereocenters. The minimum absolute atomic E-state index is 0.330. The molecule has 3 aliphatic rings. The summed E-state index contributed by atoms with van der Waals surface area (Å²) in [5.41, 5.74) is 0. The van der Waals surface area contributed by atoms with Crippen molar-refractivity contribution in [1.82, 2.24) is 10.2 Å². The number of hydrogen-bond acceptors (Lipinski definition) is 3. The van der Waals surface area contributed by atoms with Gasteiger partial charge in [-0.25, -0.2) is 0 Å². The zero-order chi connectivity index (χ0) is 13.1. The van der Waals surface area contributed by atoms with Crippen molar-refractivity contribution in [2.75, 3.05) is 19.6 Å². The average Bonchev–Trinajstić information content (AvgIpc) is 3.31. The Labute approximate surface area is 115 Å². The van der Waals surface area contributed by atoms with E-state index in [1.54, 1.807) is 0 Å². The summed E-state index contributed by atoms with van der Waals surface area (Å²) in [6.45, 7) is 2.79. The highest BCUT2D eigenvalue weighted by Gasteiger charge is 2.34. The largest absolute Gasteiger partial charge is 0.497 e. The predicted molar refractivity (Wildman–Crippen MR) is 73.6 cm³/mol. The number of piperidine rings is 1. The van der Waals surface area contributed by atoms with Crippen molar-refractivity contribution in [3.05, 3.63) is 12.3 Å². The Kier molecular flexibility index (Phi) is 4.06.